The molecular formula is C9H16N3O2+. The minimum atomic E-state index is -0.463. The number of esters is 1. The first kappa shape index (κ1) is 10.7. The maximum atomic E-state index is 11.4. The first-order valence-electron chi connectivity index (χ1n) is 4.46. The molecule has 78 valence electrons. The molecule has 5 heteroatoms. The topological polar surface area (TPSA) is 48.0 Å². The molecule has 0 unspecified atom stereocenters. The van der Waals surface area contributed by atoms with Gasteiger partial charge in [0.2, 0.25) is 0 Å². The highest BCUT2D eigenvalue weighted by atomic mass is 16.5. The van der Waals surface area contributed by atoms with Gasteiger partial charge in [-0.25, -0.2) is 0 Å². The van der Waals surface area contributed by atoms with Crippen LogP contribution in [0.1, 0.15) is 20.8 Å². The molecule has 0 saturated heterocycles. The Hall–Kier alpha value is -1.39. The number of rotatable bonds is 2. The molecule has 1 rings (SSSR count). The highest BCUT2D eigenvalue weighted by Crippen LogP contribution is 2.14. The Morgan fingerprint density at radius 3 is 2.64 bits per heavy atom. The highest BCUT2D eigenvalue weighted by Gasteiger charge is 2.23. The standard InChI is InChI=1S/C9H16N3O2/c1-9(2,3)8(13)14-7-12-6-5-11(4)10-12/h5-6H,7H2,1-4H3/q+1. The summed E-state index contributed by atoms with van der Waals surface area (Å²) in [6.07, 6.45) is 3.53. The number of carbonyl (C=O) groups is 1. The van der Waals surface area contributed by atoms with Gasteiger partial charge in [-0.2, -0.15) is 0 Å². The number of hydrogen-bond acceptors (Lipinski definition) is 3. The van der Waals surface area contributed by atoms with Crippen LogP contribution in [-0.2, 0) is 23.3 Å². The third kappa shape index (κ3) is 2.83. The van der Waals surface area contributed by atoms with Gasteiger partial charge < -0.3 is 4.74 Å². The van der Waals surface area contributed by atoms with Crippen LogP contribution in [-0.4, -0.2) is 15.9 Å². The van der Waals surface area contributed by atoms with Crippen LogP contribution in [0.5, 0.6) is 0 Å². The summed E-state index contributed by atoms with van der Waals surface area (Å²) in [7, 11) is 1.81. The zero-order valence-electron chi connectivity index (χ0n) is 9.02. The number of nitrogens with zero attached hydrogens (tertiary/aromatic N) is 3. The molecule has 5 nitrogen and oxygen atoms in total. The van der Waals surface area contributed by atoms with Gasteiger partial charge in [0.25, 0.3) is 6.73 Å². The van der Waals surface area contributed by atoms with Crippen LogP contribution in [0.15, 0.2) is 12.4 Å². The van der Waals surface area contributed by atoms with Crippen molar-refractivity contribution in [3.8, 4) is 0 Å². The van der Waals surface area contributed by atoms with Crippen LogP contribution in [0.4, 0.5) is 0 Å². The SMILES string of the molecule is C[n+]1ccn(COC(=O)C(C)(C)C)n1. The number of aromatic nitrogens is 3. The maximum Gasteiger partial charge on any atom is 0.314 e. The second-order valence-electron chi connectivity index (χ2n) is 4.21. The van der Waals surface area contributed by atoms with Gasteiger partial charge in [0, 0.05) is 0 Å². The zero-order valence-corrected chi connectivity index (χ0v) is 9.02. The second kappa shape index (κ2) is 3.77. The van der Waals surface area contributed by atoms with Gasteiger partial charge in [0.15, 0.2) is 12.4 Å². The molecule has 0 aromatic carbocycles. The van der Waals surface area contributed by atoms with Crippen molar-refractivity contribution < 1.29 is 14.2 Å². The van der Waals surface area contributed by atoms with Crippen molar-refractivity contribution in [2.45, 2.75) is 27.5 Å². The van der Waals surface area contributed by atoms with Crippen molar-refractivity contribution in [3.63, 3.8) is 0 Å². The van der Waals surface area contributed by atoms with E-state index in [0.717, 1.165) is 0 Å². The fourth-order valence-electron chi connectivity index (χ4n) is 0.824. The van der Waals surface area contributed by atoms with Gasteiger partial charge in [0.1, 0.15) is 7.05 Å². The molecule has 0 bridgehead atoms. The van der Waals surface area contributed by atoms with E-state index in [9.17, 15) is 4.79 Å². The van der Waals surface area contributed by atoms with Gasteiger partial charge in [-0.3, -0.25) is 4.79 Å². The van der Waals surface area contributed by atoms with Gasteiger partial charge >= 0.3 is 5.97 Å². The Labute approximate surface area is 83.3 Å². The van der Waals surface area contributed by atoms with Crippen LogP contribution in [0.2, 0.25) is 0 Å². The van der Waals surface area contributed by atoms with Gasteiger partial charge in [0.05, 0.1) is 10.6 Å². The smallest absolute Gasteiger partial charge is 0.314 e. The van der Waals surface area contributed by atoms with E-state index in [4.69, 9.17) is 4.74 Å². The molecule has 0 saturated carbocycles. The molecule has 0 aliphatic carbocycles. The number of carbonyl (C=O) groups excluding carboxylic acids is 1. The van der Waals surface area contributed by atoms with Crippen LogP contribution >= 0.6 is 0 Å². The predicted octanol–water partition coefficient (Wildman–Crippen LogP) is 0.254. The molecule has 0 fully saturated rings. The molecule has 0 atom stereocenters. The number of hydrogen-bond donors (Lipinski definition) is 0. The average molecular weight is 198 g/mol. The van der Waals surface area contributed by atoms with Gasteiger partial charge in [-0.05, 0) is 20.8 Å². The molecule has 1 aromatic rings. The molecule has 0 N–H and O–H groups in total. The third-order valence-corrected chi connectivity index (χ3v) is 1.65. The van der Waals surface area contributed by atoms with Gasteiger partial charge in [-0.15, -0.1) is 9.36 Å². The summed E-state index contributed by atoms with van der Waals surface area (Å²) in [5, 5.41) is 4.02. The molecule has 0 amide bonds. The fraction of sp³-hybridized carbons (Fsp3) is 0.667. The lowest BCUT2D eigenvalue weighted by molar-refractivity contribution is -0.732. The van der Waals surface area contributed by atoms with Crippen molar-refractivity contribution in [3.05, 3.63) is 12.4 Å². The van der Waals surface area contributed by atoms with E-state index >= 15 is 0 Å². The highest BCUT2D eigenvalue weighted by molar-refractivity contribution is 5.75. The summed E-state index contributed by atoms with van der Waals surface area (Å²) in [4.78, 5) is 11.4. The minimum Gasteiger partial charge on any atom is -0.422 e. The molecular weight excluding hydrogens is 182 g/mol. The molecule has 1 heterocycles. The van der Waals surface area contributed by atoms with E-state index in [-0.39, 0.29) is 12.7 Å². The summed E-state index contributed by atoms with van der Waals surface area (Å²) in [6.45, 7) is 5.62. The molecule has 0 aliphatic rings. The van der Waals surface area contributed by atoms with Gasteiger partial charge in [-0.1, -0.05) is 0 Å². The molecule has 14 heavy (non-hydrogen) atoms. The van der Waals surface area contributed by atoms with Crippen LogP contribution in [0.25, 0.3) is 0 Å². The number of ether oxygens (including phenoxy) is 1. The van der Waals surface area contributed by atoms with Crippen molar-refractivity contribution in [1.82, 2.24) is 9.90 Å². The molecule has 0 radical (unpaired) electrons. The normalized spacial score (nSPS) is 11.4. The first-order valence-corrected chi connectivity index (χ1v) is 4.46. The zero-order chi connectivity index (χ0) is 10.8. The average Bonchev–Trinajstić information content (AvgIpc) is 2.45. The van der Waals surface area contributed by atoms with E-state index < -0.39 is 5.41 Å². The Morgan fingerprint density at radius 1 is 1.57 bits per heavy atom. The van der Waals surface area contributed by atoms with Crippen LogP contribution in [0, 0.1) is 5.41 Å². The van der Waals surface area contributed by atoms with Crippen molar-refractivity contribution in [2.75, 3.05) is 0 Å². The first-order chi connectivity index (χ1) is 6.39. The summed E-state index contributed by atoms with van der Waals surface area (Å²) < 4.78 is 8.26. The molecule has 0 aliphatic heterocycles. The lowest BCUT2D eigenvalue weighted by Crippen LogP contribution is -2.31. The Bertz CT molecular complexity index is 325. The van der Waals surface area contributed by atoms with E-state index in [2.05, 4.69) is 5.21 Å². The summed E-state index contributed by atoms with van der Waals surface area (Å²) in [5.74, 6) is -0.226. The minimum absolute atomic E-state index is 0.164. The van der Waals surface area contributed by atoms with E-state index in [0.29, 0.717) is 0 Å². The summed E-state index contributed by atoms with van der Waals surface area (Å²) in [6, 6.07) is 0. The Kier molecular flexibility index (Phi) is 2.88. The van der Waals surface area contributed by atoms with E-state index in [1.54, 1.807) is 21.8 Å². The summed E-state index contributed by atoms with van der Waals surface area (Å²) >= 11 is 0. The molecule has 1 aromatic heterocycles. The summed E-state index contributed by atoms with van der Waals surface area (Å²) in [5.41, 5.74) is -0.463. The van der Waals surface area contributed by atoms with Crippen LogP contribution in [0.3, 0.4) is 0 Å². The van der Waals surface area contributed by atoms with E-state index in [1.165, 1.54) is 0 Å². The van der Waals surface area contributed by atoms with Crippen molar-refractivity contribution in [2.24, 2.45) is 12.5 Å². The monoisotopic (exact) mass is 198 g/mol. The quantitative estimate of drug-likeness (QED) is 0.505. The third-order valence-electron chi connectivity index (χ3n) is 1.65. The predicted molar refractivity (Wildman–Crippen MR) is 49.0 cm³/mol. The van der Waals surface area contributed by atoms with Crippen LogP contribution < -0.4 is 4.68 Å². The van der Waals surface area contributed by atoms with E-state index in [1.807, 2.05) is 27.8 Å². The van der Waals surface area contributed by atoms with Crippen molar-refractivity contribution >= 4 is 5.97 Å². The van der Waals surface area contributed by atoms with Crippen molar-refractivity contribution in [1.29, 1.82) is 0 Å². The molecule has 0 spiro atoms. The Morgan fingerprint density at radius 2 is 2.21 bits per heavy atom. The number of aryl methyl sites for hydroxylation is 1. The largest absolute Gasteiger partial charge is 0.422 e. The lowest BCUT2D eigenvalue weighted by atomic mass is 9.98. The Balaban J connectivity index is 2.46. The lowest BCUT2D eigenvalue weighted by Gasteiger charge is -2.14. The maximum absolute atomic E-state index is 11.4. The second-order valence-corrected chi connectivity index (χ2v) is 4.21. The fourth-order valence-corrected chi connectivity index (χ4v) is 0.824.